The van der Waals surface area contributed by atoms with Gasteiger partial charge < -0.3 is 14.7 Å². The number of rotatable bonds is 3. The summed E-state index contributed by atoms with van der Waals surface area (Å²) in [7, 11) is 3.26. The first kappa shape index (κ1) is 17.3. The van der Waals surface area contributed by atoms with Gasteiger partial charge in [-0.2, -0.15) is 0 Å². The average molecular weight is 319 g/mol. The summed E-state index contributed by atoms with van der Waals surface area (Å²) in [5.74, 6) is 0.256. The van der Waals surface area contributed by atoms with E-state index in [0.717, 1.165) is 11.3 Å². The van der Waals surface area contributed by atoms with Crippen LogP contribution in [0.15, 0.2) is 29.4 Å². The molecule has 2 atom stereocenters. The Bertz CT molecular complexity index is 615. The maximum Gasteiger partial charge on any atom is 0.415 e. The van der Waals surface area contributed by atoms with Crippen LogP contribution in [0.25, 0.3) is 0 Å². The highest BCUT2D eigenvalue weighted by Gasteiger charge is 2.46. The van der Waals surface area contributed by atoms with Gasteiger partial charge in [0.1, 0.15) is 0 Å². The molecule has 1 amide bonds. The standard InChI is InChI=1S/C17H25N3O3/c1-12-8-6-7-9-14(12)20-11-17(3,13(2)10-21)15(18-20)23-16(22)19(4)5/h6-9,13,21H,10-11H2,1-5H3. The quantitative estimate of drug-likeness (QED) is 0.929. The Balaban J connectivity index is 2.37. The number of hydrogen-bond donors (Lipinski definition) is 1. The number of anilines is 1. The van der Waals surface area contributed by atoms with E-state index in [9.17, 15) is 9.90 Å². The summed E-state index contributed by atoms with van der Waals surface area (Å²) in [5, 5.41) is 16.0. The highest BCUT2D eigenvalue weighted by molar-refractivity contribution is 5.94. The van der Waals surface area contributed by atoms with Crippen LogP contribution in [0.4, 0.5) is 10.5 Å². The second kappa shape index (κ2) is 6.58. The molecule has 23 heavy (non-hydrogen) atoms. The average Bonchev–Trinajstić information content (AvgIpc) is 2.84. The molecule has 0 saturated heterocycles. The van der Waals surface area contributed by atoms with E-state index in [-0.39, 0.29) is 12.5 Å². The first-order chi connectivity index (χ1) is 10.8. The molecule has 0 spiro atoms. The molecule has 2 unspecified atom stereocenters. The molecule has 6 heteroatoms. The maximum absolute atomic E-state index is 11.9. The van der Waals surface area contributed by atoms with Gasteiger partial charge in [0, 0.05) is 20.7 Å². The molecule has 0 radical (unpaired) electrons. The number of aliphatic hydroxyl groups is 1. The van der Waals surface area contributed by atoms with Crippen molar-refractivity contribution in [1.82, 2.24) is 4.90 Å². The van der Waals surface area contributed by atoms with Crippen LogP contribution in [-0.4, -0.2) is 49.2 Å². The van der Waals surface area contributed by atoms with Crippen LogP contribution in [0, 0.1) is 18.3 Å². The Hall–Kier alpha value is -2.08. The van der Waals surface area contributed by atoms with Crippen LogP contribution in [-0.2, 0) is 4.74 Å². The summed E-state index contributed by atoms with van der Waals surface area (Å²) < 4.78 is 5.49. The van der Waals surface area contributed by atoms with Gasteiger partial charge in [-0.05, 0) is 31.4 Å². The predicted octanol–water partition coefficient (Wildman–Crippen LogP) is 2.46. The van der Waals surface area contributed by atoms with E-state index in [1.165, 1.54) is 4.90 Å². The summed E-state index contributed by atoms with van der Waals surface area (Å²) in [6.45, 7) is 6.46. The van der Waals surface area contributed by atoms with Crippen molar-refractivity contribution in [2.24, 2.45) is 16.4 Å². The molecule has 126 valence electrons. The summed E-state index contributed by atoms with van der Waals surface area (Å²) in [4.78, 5) is 13.3. The molecule has 6 nitrogen and oxygen atoms in total. The van der Waals surface area contributed by atoms with E-state index in [1.54, 1.807) is 14.1 Å². The molecular weight excluding hydrogens is 294 g/mol. The first-order valence-electron chi connectivity index (χ1n) is 7.72. The first-order valence-corrected chi connectivity index (χ1v) is 7.72. The van der Waals surface area contributed by atoms with Gasteiger partial charge in [-0.25, -0.2) is 4.79 Å². The third kappa shape index (κ3) is 3.32. The number of amides is 1. The second-order valence-corrected chi connectivity index (χ2v) is 6.51. The molecule has 0 fully saturated rings. The third-order valence-electron chi connectivity index (χ3n) is 4.48. The number of para-hydroxylation sites is 1. The number of nitrogens with zero attached hydrogens (tertiary/aromatic N) is 3. The van der Waals surface area contributed by atoms with Crippen molar-refractivity contribution in [3.63, 3.8) is 0 Å². The lowest BCUT2D eigenvalue weighted by Crippen LogP contribution is -2.41. The molecule has 0 saturated carbocycles. The predicted molar refractivity (Wildman–Crippen MR) is 90.5 cm³/mol. The molecule has 0 bridgehead atoms. The van der Waals surface area contributed by atoms with Crippen molar-refractivity contribution < 1.29 is 14.6 Å². The van der Waals surface area contributed by atoms with E-state index >= 15 is 0 Å². The molecule has 1 N–H and O–H groups in total. The van der Waals surface area contributed by atoms with Crippen LogP contribution in [0.5, 0.6) is 0 Å². The zero-order valence-electron chi connectivity index (χ0n) is 14.4. The van der Waals surface area contributed by atoms with Crippen molar-refractivity contribution in [1.29, 1.82) is 0 Å². The number of aliphatic hydroxyl groups excluding tert-OH is 1. The summed E-state index contributed by atoms with van der Waals surface area (Å²) in [6, 6.07) is 7.93. The zero-order valence-corrected chi connectivity index (χ0v) is 14.4. The van der Waals surface area contributed by atoms with Gasteiger partial charge in [-0.1, -0.05) is 25.1 Å². The van der Waals surface area contributed by atoms with E-state index in [2.05, 4.69) is 5.10 Å². The van der Waals surface area contributed by atoms with Crippen molar-refractivity contribution in [2.75, 3.05) is 32.3 Å². The fourth-order valence-electron chi connectivity index (χ4n) is 2.51. The van der Waals surface area contributed by atoms with Crippen LogP contribution in [0.2, 0.25) is 0 Å². The third-order valence-corrected chi connectivity index (χ3v) is 4.48. The highest BCUT2D eigenvalue weighted by Crippen LogP contribution is 2.38. The van der Waals surface area contributed by atoms with E-state index < -0.39 is 11.5 Å². The lowest BCUT2D eigenvalue weighted by Gasteiger charge is -2.31. The Labute approximate surface area is 137 Å². The summed E-state index contributed by atoms with van der Waals surface area (Å²) in [6.07, 6.45) is -0.466. The summed E-state index contributed by atoms with van der Waals surface area (Å²) >= 11 is 0. The normalized spacial score (nSPS) is 21.8. The lowest BCUT2D eigenvalue weighted by atomic mass is 9.78. The SMILES string of the molecule is Cc1ccccc1N1CC(C)(C(C)CO)C(OC(=O)N(C)C)=N1. The smallest absolute Gasteiger partial charge is 0.396 e. The number of benzene rings is 1. The summed E-state index contributed by atoms with van der Waals surface area (Å²) in [5.41, 5.74) is 1.53. The highest BCUT2D eigenvalue weighted by atomic mass is 16.6. The Morgan fingerprint density at radius 3 is 2.70 bits per heavy atom. The molecule has 2 rings (SSSR count). The molecular formula is C17H25N3O3. The van der Waals surface area contributed by atoms with Crippen molar-refractivity contribution in [3.05, 3.63) is 29.8 Å². The van der Waals surface area contributed by atoms with Crippen molar-refractivity contribution >= 4 is 17.7 Å². The van der Waals surface area contributed by atoms with Crippen LogP contribution in [0.3, 0.4) is 0 Å². The van der Waals surface area contributed by atoms with Gasteiger partial charge in [0.25, 0.3) is 0 Å². The minimum absolute atomic E-state index is 0.00333. The largest absolute Gasteiger partial charge is 0.415 e. The van der Waals surface area contributed by atoms with Crippen molar-refractivity contribution in [3.8, 4) is 0 Å². The molecule has 1 aliphatic heterocycles. The zero-order chi connectivity index (χ0) is 17.2. The molecule has 1 aliphatic rings. The van der Waals surface area contributed by atoms with Crippen LogP contribution >= 0.6 is 0 Å². The molecule has 0 aromatic heterocycles. The monoisotopic (exact) mass is 319 g/mol. The second-order valence-electron chi connectivity index (χ2n) is 6.51. The van der Waals surface area contributed by atoms with Gasteiger partial charge in [0.15, 0.2) is 0 Å². The molecule has 1 heterocycles. The fraction of sp³-hybridized carbons (Fsp3) is 0.529. The Kier molecular flexibility index (Phi) is 4.94. The van der Waals surface area contributed by atoms with E-state index in [1.807, 2.05) is 50.0 Å². The molecule has 0 aliphatic carbocycles. The van der Waals surface area contributed by atoms with E-state index in [4.69, 9.17) is 4.74 Å². The van der Waals surface area contributed by atoms with Crippen LogP contribution in [0.1, 0.15) is 19.4 Å². The van der Waals surface area contributed by atoms with Crippen molar-refractivity contribution in [2.45, 2.75) is 20.8 Å². The number of aryl methyl sites for hydroxylation is 1. The van der Waals surface area contributed by atoms with Crippen LogP contribution < -0.4 is 5.01 Å². The van der Waals surface area contributed by atoms with Gasteiger partial charge in [-0.3, -0.25) is 5.01 Å². The Morgan fingerprint density at radius 2 is 2.13 bits per heavy atom. The van der Waals surface area contributed by atoms with Gasteiger partial charge in [0.2, 0.25) is 5.90 Å². The van der Waals surface area contributed by atoms with Gasteiger partial charge >= 0.3 is 6.09 Å². The topological polar surface area (TPSA) is 65.4 Å². The fourth-order valence-corrected chi connectivity index (χ4v) is 2.51. The number of carbonyl (C=O) groups is 1. The number of carbonyl (C=O) groups excluding carboxylic acids is 1. The minimum atomic E-state index is -0.539. The number of hydrogen-bond acceptors (Lipinski definition) is 5. The molecule has 1 aromatic rings. The van der Waals surface area contributed by atoms with Gasteiger partial charge in [-0.15, -0.1) is 5.10 Å². The van der Waals surface area contributed by atoms with E-state index in [0.29, 0.717) is 12.4 Å². The lowest BCUT2D eigenvalue weighted by molar-refractivity contribution is 0.137. The number of ether oxygens (including phenoxy) is 1. The Morgan fingerprint density at radius 1 is 1.48 bits per heavy atom. The number of hydrazone groups is 1. The maximum atomic E-state index is 11.9. The molecule has 1 aromatic carbocycles. The van der Waals surface area contributed by atoms with Gasteiger partial charge in [0.05, 0.1) is 17.6 Å². The minimum Gasteiger partial charge on any atom is -0.396 e.